The summed E-state index contributed by atoms with van der Waals surface area (Å²) in [6, 6.07) is 16.5. The van der Waals surface area contributed by atoms with E-state index in [1.165, 1.54) is 16.7 Å². The third kappa shape index (κ3) is 3.83. The van der Waals surface area contributed by atoms with Crippen LogP contribution >= 0.6 is 0 Å². The van der Waals surface area contributed by atoms with Crippen LogP contribution in [0, 0.1) is 12.8 Å². The molecule has 0 spiro atoms. The Morgan fingerprint density at radius 2 is 1.47 bits per heavy atom. The number of hydrogen-bond donors (Lipinski definition) is 1. The second-order valence-electron chi connectivity index (χ2n) is 4.99. The van der Waals surface area contributed by atoms with Gasteiger partial charge in [-0.3, -0.25) is 0 Å². The van der Waals surface area contributed by atoms with Gasteiger partial charge in [-0.05, 0) is 30.2 Å². The highest BCUT2D eigenvalue weighted by molar-refractivity contribution is 5.64. The Labute approximate surface area is 114 Å². The second kappa shape index (κ2) is 6.39. The molecular weight excluding hydrogens is 236 g/mol. The molecule has 0 aliphatic heterocycles. The maximum Gasteiger partial charge on any atom is 0.119 e. The zero-order valence-corrected chi connectivity index (χ0v) is 11.5. The van der Waals surface area contributed by atoms with Crippen molar-refractivity contribution < 1.29 is 9.84 Å². The molecule has 1 N–H and O–H groups in total. The van der Waals surface area contributed by atoms with E-state index in [9.17, 15) is 0 Å². The van der Waals surface area contributed by atoms with Gasteiger partial charge < -0.3 is 9.84 Å². The number of ether oxygens (including phenoxy) is 1. The molecule has 0 radical (unpaired) electrons. The molecular formula is C17H20O2. The Morgan fingerprint density at radius 3 is 2.00 bits per heavy atom. The summed E-state index contributed by atoms with van der Waals surface area (Å²) in [5.41, 5.74) is 3.66. The minimum absolute atomic E-state index is 0.154. The van der Waals surface area contributed by atoms with Crippen LogP contribution in [0.25, 0.3) is 11.1 Å². The topological polar surface area (TPSA) is 29.5 Å². The van der Waals surface area contributed by atoms with Gasteiger partial charge in [0.25, 0.3) is 0 Å². The molecule has 2 aromatic rings. The quantitative estimate of drug-likeness (QED) is 0.884. The normalized spacial score (nSPS) is 12.2. The van der Waals surface area contributed by atoms with Crippen molar-refractivity contribution >= 4 is 0 Å². The molecule has 19 heavy (non-hydrogen) atoms. The molecule has 0 amide bonds. The van der Waals surface area contributed by atoms with Crippen LogP contribution in [-0.4, -0.2) is 18.3 Å². The molecule has 0 aliphatic rings. The molecule has 2 aromatic carbocycles. The van der Waals surface area contributed by atoms with Crippen LogP contribution in [0.15, 0.2) is 48.5 Å². The SMILES string of the molecule is Cc1ccc(-c2ccc(OCC(C)CO)cc2)cc1. The van der Waals surface area contributed by atoms with Gasteiger partial charge in [-0.25, -0.2) is 0 Å². The van der Waals surface area contributed by atoms with E-state index in [0.29, 0.717) is 6.61 Å². The Balaban J connectivity index is 2.04. The number of aryl methyl sites for hydroxylation is 1. The number of benzene rings is 2. The molecule has 1 atom stereocenters. The summed E-state index contributed by atoms with van der Waals surface area (Å²) >= 11 is 0. The van der Waals surface area contributed by atoms with Crippen LogP contribution in [-0.2, 0) is 0 Å². The fourth-order valence-corrected chi connectivity index (χ4v) is 1.78. The van der Waals surface area contributed by atoms with E-state index in [1.807, 2.05) is 19.1 Å². The zero-order chi connectivity index (χ0) is 13.7. The van der Waals surface area contributed by atoms with E-state index >= 15 is 0 Å². The van der Waals surface area contributed by atoms with Gasteiger partial charge in [-0.1, -0.05) is 48.9 Å². The fraction of sp³-hybridized carbons (Fsp3) is 0.294. The first-order chi connectivity index (χ1) is 9.19. The predicted octanol–water partition coefficient (Wildman–Crippen LogP) is 3.67. The monoisotopic (exact) mass is 256 g/mol. The van der Waals surface area contributed by atoms with Crippen LogP contribution in [0.1, 0.15) is 12.5 Å². The minimum atomic E-state index is 0.154. The highest BCUT2D eigenvalue weighted by atomic mass is 16.5. The van der Waals surface area contributed by atoms with Gasteiger partial charge in [-0.2, -0.15) is 0 Å². The minimum Gasteiger partial charge on any atom is -0.493 e. The summed E-state index contributed by atoms with van der Waals surface area (Å²) in [5, 5.41) is 8.95. The van der Waals surface area contributed by atoms with E-state index in [1.54, 1.807) is 0 Å². The maximum absolute atomic E-state index is 8.95. The van der Waals surface area contributed by atoms with E-state index in [2.05, 4.69) is 43.3 Å². The van der Waals surface area contributed by atoms with Crippen LogP contribution in [0.4, 0.5) is 0 Å². The van der Waals surface area contributed by atoms with Crippen molar-refractivity contribution in [2.75, 3.05) is 13.2 Å². The van der Waals surface area contributed by atoms with Crippen LogP contribution < -0.4 is 4.74 Å². The fourth-order valence-electron chi connectivity index (χ4n) is 1.78. The third-order valence-electron chi connectivity index (χ3n) is 3.09. The molecule has 0 fully saturated rings. The van der Waals surface area contributed by atoms with Crippen LogP contribution in [0.3, 0.4) is 0 Å². The second-order valence-corrected chi connectivity index (χ2v) is 4.99. The number of hydrogen-bond acceptors (Lipinski definition) is 2. The first kappa shape index (κ1) is 13.6. The van der Waals surface area contributed by atoms with Crippen molar-refractivity contribution in [1.29, 1.82) is 0 Å². The maximum atomic E-state index is 8.95. The average Bonchev–Trinajstić information content (AvgIpc) is 2.46. The Morgan fingerprint density at radius 1 is 0.947 bits per heavy atom. The van der Waals surface area contributed by atoms with Crippen molar-refractivity contribution in [3.63, 3.8) is 0 Å². The molecule has 0 saturated carbocycles. The lowest BCUT2D eigenvalue weighted by Gasteiger charge is -2.11. The number of rotatable bonds is 5. The van der Waals surface area contributed by atoms with Crippen LogP contribution in [0.5, 0.6) is 5.75 Å². The van der Waals surface area contributed by atoms with Gasteiger partial charge in [0.05, 0.1) is 6.61 Å². The van der Waals surface area contributed by atoms with E-state index in [4.69, 9.17) is 9.84 Å². The molecule has 100 valence electrons. The number of aliphatic hydroxyl groups excluding tert-OH is 1. The standard InChI is InChI=1S/C17H20O2/c1-13-3-5-15(6-4-13)16-7-9-17(10-8-16)19-12-14(2)11-18/h3-10,14,18H,11-12H2,1-2H3. The Bertz CT molecular complexity index is 500. The predicted molar refractivity (Wildman–Crippen MR) is 78.4 cm³/mol. The molecule has 2 nitrogen and oxygen atoms in total. The summed E-state index contributed by atoms with van der Waals surface area (Å²) in [7, 11) is 0. The lowest BCUT2D eigenvalue weighted by atomic mass is 10.0. The molecule has 0 heterocycles. The lowest BCUT2D eigenvalue weighted by Crippen LogP contribution is -2.11. The summed E-state index contributed by atoms with van der Waals surface area (Å²) < 4.78 is 5.61. The van der Waals surface area contributed by atoms with Gasteiger partial charge in [0.2, 0.25) is 0 Å². The zero-order valence-electron chi connectivity index (χ0n) is 11.5. The summed E-state index contributed by atoms with van der Waals surface area (Å²) in [6.45, 7) is 4.74. The van der Waals surface area contributed by atoms with Crippen molar-refractivity contribution in [3.8, 4) is 16.9 Å². The van der Waals surface area contributed by atoms with Crippen molar-refractivity contribution in [2.45, 2.75) is 13.8 Å². The average molecular weight is 256 g/mol. The van der Waals surface area contributed by atoms with Gasteiger partial charge in [0.1, 0.15) is 5.75 Å². The molecule has 0 aromatic heterocycles. The van der Waals surface area contributed by atoms with Gasteiger partial charge in [-0.15, -0.1) is 0 Å². The molecule has 0 bridgehead atoms. The third-order valence-corrected chi connectivity index (χ3v) is 3.09. The van der Waals surface area contributed by atoms with Crippen molar-refractivity contribution in [1.82, 2.24) is 0 Å². The smallest absolute Gasteiger partial charge is 0.119 e. The highest BCUT2D eigenvalue weighted by Gasteiger charge is 2.02. The van der Waals surface area contributed by atoms with Gasteiger partial charge >= 0.3 is 0 Å². The van der Waals surface area contributed by atoms with Crippen LogP contribution in [0.2, 0.25) is 0 Å². The molecule has 0 aliphatic carbocycles. The van der Waals surface area contributed by atoms with Gasteiger partial charge in [0.15, 0.2) is 0 Å². The van der Waals surface area contributed by atoms with E-state index in [0.717, 1.165) is 5.75 Å². The van der Waals surface area contributed by atoms with Crippen molar-refractivity contribution in [2.24, 2.45) is 5.92 Å². The van der Waals surface area contributed by atoms with Gasteiger partial charge in [0, 0.05) is 12.5 Å². The summed E-state index contributed by atoms with van der Waals surface area (Å²) in [6.07, 6.45) is 0. The largest absolute Gasteiger partial charge is 0.493 e. The lowest BCUT2D eigenvalue weighted by molar-refractivity contribution is 0.174. The van der Waals surface area contributed by atoms with E-state index < -0.39 is 0 Å². The summed E-state index contributed by atoms with van der Waals surface area (Å²) in [5.74, 6) is 1.01. The Hall–Kier alpha value is -1.80. The number of aliphatic hydroxyl groups is 1. The first-order valence-electron chi connectivity index (χ1n) is 6.60. The first-order valence-corrected chi connectivity index (χ1v) is 6.60. The molecule has 2 rings (SSSR count). The van der Waals surface area contributed by atoms with E-state index in [-0.39, 0.29) is 12.5 Å². The molecule has 0 saturated heterocycles. The van der Waals surface area contributed by atoms with Crippen molar-refractivity contribution in [3.05, 3.63) is 54.1 Å². The highest BCUT2D eigenvalue weighted by Crippen LogP contribution is 2.22. The molecule has 1 unspecified atom stereocenters. The molecule has 2 heteroatoms. The summed E-state index contributed by atoms with van der Waals surface area (Å²) in [4.78, 5) is 0. The Kier molecular flexibility index (Phi) is 4.58.